The molecule has 0 fully saturated rings. The van der Waals surface area contributed by atoms with Crippen molar-refractivity contribution in [3.05, 3.63) is 36.0 Å². The van der Waals surface area contributed by atoms with Crippen molar-refractivity contribution in [2.45, 2.75) is 13.0 Å². The highest BCUT2D eigenvalue weighted by atomic mass is 35.5. The highest BCUT2D eigenvalue weighted by molar-refractivity contribution is 5.85. The molecule has 1 aliphatic heterocycles. The standard InChI is InChI=1S/C11H11N3O.ClH/c1-2-8(6-12-4-1)11-14-9-7-13-5-3-10(9)15-11;/h1-2,4,6,13H,3,5,7H2;1H. The molecule has 0 radical (unpaired) electrons. The smallest absolute Gasteiger partial charge is 0.228 e. The molecular weight excluding hydrogens is 226 g/mol. The number of oxazole rings is 1. The van der Waals surface area contributed by atoms with Crippen molar-refractivity contribution in [2.24, 2.45) is 0 Å². The molecule has 5 heteroatoms. The van der Waals surface area contributed by atoms with Gasteiger partial charge in [0.25, 0.3) is 0 Å². The first-order chi connectivity index (χ1) is 7.43. The van der Waals surface area contributed by atoms with Gasteiger partial charge in [-0.3, -0.25) is 4.98 Å². The summed E-state index contributed by atoms with van der Waals surface area (Å²) in [5.74, 6) is 1.68. The third kappa shape index (κ3) is 1.94. The van der Waals surface area contributed by atoms with E-state index in [0.29, 0.717) is 5.89 Å². The molecule has 0 saturated carbocycles. The lowest BCUT2D eigenvalue weighted by Crippen LogP contribution is -2.22. The van der Waals surface area contributed by atoms with E-state index in [1.54, 1.807) is 12.4 Å². The number of rotatable bonds is 1. The molecule has 84 valence electrons. The molecule has 0 bridgehead atoms. The average Bonchev–Trinajstić information content (AvgIpc) is 2.74. The van der Waals surface area contributed by atoms with Crippen molar-refractivity contribution in [3.8, 4) is 11.5 Å². The minimum Gasteiger partial charge on any atom is -0.441 e. The van der Waals surface area contributed by atoms with Crippen molar-refractivity contribution in [2.75, 3.05) is 6.54 Å². The molecular formula is C11H12ClN3O. The topological polar surface area (TPSA) is 51.0 Å². The van der Waals surface area contributed by atoms with Gasteiger partial charge in [-0.1, -0.05) is 0 Å². The van der Waals surface area contributed by atoms with Crippen LogP contribution in [0.2, 0.25) is 0 Å². The predicted molar refractivity (Wildman–Crippen MR) is 62.4 cm³/mol. The Bertz CT molecular complexity index is 446. The molecule has 1 aliphatic rings. The Morgan fingerprint density at radius 1 is 1.38 bits per heavy atom. The minimum absolute atomic E-state index is 0. The lowest BCUT2D eigenvalue weighted by molar-refractivity contribution is 0.483. The molecule has 0 spiro atoms. The van der Waals surface area contributed by atoms with Gasteiger partial charge < -0.3 is 9.73 Å². The van der Waals surface area contributed by atoms with Gasteiger partial charge in [-0.15, -0.1) is 12.4 Å². The van der Waals surface area contributed by atoms with Crippen LogP contribution in [0.3, 0.4) is 0 Å². The van der Waals surface area contributed by atoms with Gasteiger partial charge in [0.15, 0.2) is 0 Å². The second-order valence-corrected chi connectivity index (χ2v) is 3.56. The third-order valence-electron chi connectivity index (χ3n) is 2.51. The molecule has 0 amide bonds. The first kappa shape index (κ1) is 11.1. The van der Waals surface area contributed by atoms with E-state index in [1.807, 2.05) is 12.1 Å². The Kier molecular flexibility index (Phi) is 3.22. The van der Waals surface area contributed by atoms with Crippen molar-refractivity contribution in [1.82, 2.24) is 15.3 Å². The maximum atomic E-state index is 5.70. The zero-order valence-electron chi connectivity index (χ0n) is 8.64. The van der Waals surface area contributed by atoms with E-state index < -0.39 is 0 Å². The van der Waals surface area contributed by atoms with Gasteiger partial charge in [0.1, 0.15) is 5.76 Å². The fourth-order valence-corrected chi connectivity index (χ4v) is 1.74. The Balaban J connectivity index is 0.000000963. The van der Waals surface area contributed by atoms with Crippen LogP contribution in [-0.2, 0) is 13.0 Å². The summed E-state index contributed by atoms with van der Waals surface area (Å²) in [5, 5.41) is 3.27. The highest BCUT2D eigenvalue weighted by Crippen LogP contribution is 2.22. The normalized spacial score (nSPS) is 14.0. The lowest BCUT2D eigenvalue weighted by atomic mass is 10.2. The first-order valence-electron chi connectivity index (χ1n) is 5.03. The molecule has 0 atom stereocenters. The summed E-state index contributed by atoms with van der Waals surface area (Å²) in [7, 11) is 0. The van der Waals surface area contributed by atoms with Crippen LogP contribution in [0.15, 0.2) is 28.9 Å². The second kappa shape index (κ2) is 4.63. The van der Waals surface area contributed by atoms with Crippen molar-refractivity contribution in [1.29, 1.82) is 0 Å². The monoisotopic (exact) mass is 237 g/mol. The zero-order chi connectivity index (χ0) is 10.1. The largest absolute Gasteiger partial charge is 0.441 e. The Morgan fingerprint density at radius 3 is 3.06 bits per heavy atom. The number of pyridine rings is 1. The number of nitrogens with one attached hydrogen (secondary N) is 1. The van der Waals surface area contributed by atoms with Crippen LogP contribution >= 0.6 is 12.4 Å². The second-order valence-electron chi connectivity index (χ2n) is 3.56. The van der Waals surface area contributed by atoms with E-state index >= 15 is 0 Å². The van der Waals surface area contributed by atoms with Gasteiger partial charge in [0, 0.05) is 31.9 Å². The summed E-state index contributed by atoms with van der Waals surface area (Å²) in [5.41, 5.74) is 1.96. The highest BCUT2D eigenvalue weighted by Gasteiger charge is 2.17. The van der Waals surface area contributed by atoms with Crippen LogP contribution in [-0.4, -0.2) is 16.5 Å². The van der Waals surface area contributed by atoms with Gasteiger partial charge in [0.05, 0.1) is 11.3 Å². The van der Waals surface area contributed by atoms with Crippen molar-refractivity contribution < 1.29 is 4.42 Å². The maximum absolute atomic E-state index is 5.70. The minimum atomic E-state index is 0. The quantitative estimate of drug-likeness (QED) is 0.822. The zero-order valence-corrected chi connectivity index (χ0v) is 9.46. The number of aromatic nitrogens is 2. The summed E-state index contributed by atoms with van der Waals surface area (Å²) in [6, 6.07) is 3.84. The van der Waals surface area contributed by atoms with E-state index in [1.165, 1.54) is 0 Å². The van der Waals surface area contributed by atoms with E-state index in [4.69, 9.17) is 4.42 Å². The van der Waals surface area contributed by atoms with Crippen LogP contribution in [0.5, 0.6) is 0 Å². The van der Waals surface area contributed by atoms with Crippen molar-refractivity contribution >= 4 is 12.4 Å². The summed E-state index contributed by atoms with van der Waals surface area (Å²) in [6.45, 7) is 1.77. The summed E-state index contributed by atoms with van der Waals surface area (Å²) in [4.78, 5) is 8.50. The molecule has 3 rings (SSSR count). The van der Waals surface area contributed by atoms with Crippen LogP contribution in [0.4, 0.5) is 0 Å². The molecule has 2 aromatic rings. The molecule has 0 unspecified atom stereocenters. The van der Waals surface area contributed by atoms with Crippen LogP contribution in [0.1, 0.15) is 11.5 Å². The van der Waals surface area contributed by atoms with E-state index in [0.717, 1.165) is 36.5 Å². The number of hydrogen-bond acceptors (Lipinski definition) is 4. The molecule has 16 heavy (non-hydrogen) atoms. The predicted octanol–water partition coefficient (Wildman–Crippen LogP) is 1.80. The molecule has 2 aromatic heterocycles. The number of nitrogens with zero attached hydrogens (tertiary/aromatic N) is 2. The third-order valence-corrected chi connectivity index (χ3v) is 2.51. The SMILES string of the molecule is Cl.c1cncc(-c2nc3c(o2)CCNC3)c1. The number of halogens is 1. The van der Waals surface area contributed by atoms with E-state index in [-0.39, 0.29) is 12.4 Å². The Labute approximate surface area is 99.5 Å². The van der Waals surface area contributed by atoms with E-state index in [2.05, 4.69) is 15.3 Å². The maximum Gasteiger partial charge on any atom is 0.228 e. The van der Waals surface area contributed by atoms with Crippen molar-refractivity contribution in [3.63, 3.8) is 0 Å². The van der Waals surface area contributed by atoms with Crippen LogP contribution in [0, 0.1) is 0 Å². The van der Waals surface area contributed by atoms with Gasteiger partial charge in [0.2, 0.25) is 5.89 Å². The fourth-order valence-electron chi connectivity index (χ4n) is 1.74. The molecule has 0 saturated heterocycles. The van der Waals surface area contributed by atoms with E-state index in [9.17, 15) is 0 Å². The van der Waals surface area contributed by atoms with Gasteiger partial charge in [-0.2, -0.15) is 0 Å². The molecule has 4 nitrogen and oxygen atoms in total. The summed E-state index contributed by atoms with van der Waals surface area (Å²) < 4.78 is 5.70. The average molecular weight is 238 g/mol. The summed E-state index contributed by atoms with van der Waals surface area (Å²) in [6.07, 6.45) is 4.43. The van der Waals surface area contributed by atoms with Crippen LogP contribution in [0.25, 0.3) is 11.5 Å². The Hall–Kier alpha value is -1.39. The molecule has 0 aliphatic carbocycles. The summed E-state index contributed by atoms with van der Waals surface area (Å²) >= 11 is 0. The molecule has 3 heterocycles. The van der Waals surface area contributed by atoms with Gasteiger partial charge in [-0.25, -0.2) is 4.98 Å². The lowest BCUT2D eigenvalue weighted by Gasteiger charge is -2.08. The van der Waals surface area contributed by atoms with Gasteiger partial charge >= 0.3 is 0 Å². The Morgan fingerprint density at radius 2 is 2.31 bits per heavy atom. The molecule has 1 N–H and O–H groups in total. The first-order valence-corrected chi connectivity index (χ1v) is 5.03. The molecule has 0 aromatic carbocycles. The van der Waals surface area contributed by atoms with Crippen LogP contribution < -0.4 is 5.32 Å². The number of hydrogen-bond donors (Lipinski definition) is 1. The number of fused-ring (bicyclic) bond motifs is 1. The van der Waals surface area contributed by atoms with Gasteiger partial charge in [-0.05, 0) is 12.1 Å². The fraction of sp³-hybridized carbons (Fsp3) is 0.273.